The van der Waals surface area contributed by atoms with Crippen LogP contribution in [0.15, 0.2) is 27.4 Å². The van der Waals surface area contributed by atoms with Gasteiger partial charge in [0, 0.05) is 30.6 Å². The van der Waals surface area contributed by atoms with Gasteiger partial charge in [0.1, 0.15) is 0 Å². The minimum Gasteiger partial charge on any atom is -0.408 e. The molecule has 1 aromatic heterocycles. The minimum absolute atomic E-state index is 0.0538. The molecule has 2 aromatic rings. The van der Waals surface area contributed by atoms with Crippen molar-refractivity contribution in [2.45, 2.75) is 32.2 Å². The van der Waals surface area contributed by atoms with Crippen molar-refractivity contribution < 1.29 is 9.21 Å². The topological polar surface area (TPSA) is 55.5 Å². The molecule has 1 fully saturated rings. The van der Waals surface area contributed by atoms with Gasteiger partial charge in [-0.3, -0.25) is 9.36 Å². The molecule has 112 valence electrons. The highest BCUT2D eigenvalue weighted by molar-refractivity contribution is 6.31. The van der Waals surface area contributed by atoms with Gasteiger partial charge in [0.25, 0.3) is 0 Å². The van der Waals surface area contributed by atoms with Crippen molar-refractivity contribution in [3.05, 3.63) is 33.8 Å². The number of aromatic nitrogens is 1. The summed E-state index contributed by atoms with van der Waals surface area (Å²) in [5.41, 5.74) is 1.28. The summed E-state index contributed by atoms with van der Waals surface area (Å²) in [4.78, 5) is 25.7. The number of fused-ring (bicyclic) bond motifs is 1. The smallest absolute Gasteiger partial charge is 0.408 e. The summed E-state index contributed by atoms with van der Waals surface area (Å²) in [6.45, 7) is 3.22. The van der Waals surface area contributed by atoms with Crippen LogP contribution in [0.25, 0.3) is 11.1 Å². The number of oxazole rings is 1. The quantitative estimate of drug-likeness (QED) is 0.857. The van der Waals surface area contributed by atoms with E-state index in [2.05, 4.69) is 0 Å². The molecule has 0 atom stereocenters. The summed E-state index contributed by atoms with van der Waals surface area (Å²) < 4.78 is 6.95. The molecule has 0 aliphatic carbocycles. The van der Waals surface area contributed by atoms with E-state index >= 15 is 0 Å². The number of piperidine rings is 1. The highest BCUT2D eigenvalue weighted by atomic mass is 35.5. The molecule has 2 heterocycles. The van der Waals surface area contributed by atoms with E-state index in [1.54, 1.807) is 22.8 Å². The van der Waals surface area contributed by atoms with E-state index in [1.807, 2.05) is 11.8 Å². The molecule has 3 rings (SSSR count). The zero-order valence-corrected chi connectivity index (χ0v) is 12.6. The maximum atomic E-state index is 12.1. The lowest BCUT2D eigenvalue weighted by molar-refractivity contribution is -0.132. The van der Waals surface area contributed by atoms with Gasteiger partial charge in [-0.15, -0.1) is 0 Å². The van der Waals surface area contributed by atoms with E-state index in [-0.39, 0.29) is 17.7 Å². The molecular formula is C15H17ClN2O3. The van der Waals surface area contributed by atoms with Crippen molar-refractivity contribution in [2.75, 3.05) is 13.1 Å². The first kappa shape index (κ1) is 14.2. The summed E-state index contributed by atoms with van der Waals surface area (Å²) in [6, 6.07) is 5.23. The molecule has 0 bridgehead atoms. The van der Waals surface area contributed by atoms with Crippen LogP contribution in [0, 0.1) is 0 Å². The molecule has 5 nitrogen and oxygen atoms in total. The molecule has 1 aliphatic rings. The normalized spacial score (nSPS) is 16.6. The van der Waals surface area contributed by atoms with Gasteiger partial charge in [-0.25, -0.2) is 4.79 Å². The monoisotopic (exact) mass is 308 g/mol. The third-order valence-electron chi connectivity index (χ3n) is 4.06. The van der Waals surface area contributed by atoms with Gasteiger partial charge in [-0.2, -0.15) is 0 Å². The summed E-state index contributed by atoms with van der Waals surface area (Å²) in [6.07, 6.45) is 2.04. The van der Waals surface area contributed by atoms with Gasteiger partial charge in [0.05, 0.1) is 5.52 Å². The van der Waals surface area contributed by atoms with Crippen molar-refractivity contribution in [3.8, 4) is 0 Å². The first-order chi connectivity index (χ1) is 10.1. The molecule has 0 radical (unpaired) electrons. The third kappa shape index (κ3) is 2.58. The van der Waals surface area contributed by atoms with Crippen LogP contribution >= 0.6 is 11.6 Å². The Morgan fingerprint density at radius 2 is 2.10 bits per heavy atom. The number of likely N-dealkylation sites (tertiary alicyclic amines) is 1. The summed E-state index contributed by atoms with van der Waals surface area (Å²) in [7, 11) is 0. The number of hydrogen-bond donors (Lipinski definition) is 0. The fourth-order valence-electron chi connectivity index (χ4n) is 2.95. The Morgan fingerprint density at radius 1 is 1.38 bits per heavy atom. The Morgan fingerprint density at radius 3 is 2.76 bits per heavy atom. The van der Waals surface area contributed by atoms with Gasteiger partial charge in [-0.1, -0.05) is 18.5 Å². The number of halogens is 1. The van der Waals surface area contributed by atoms with Crippen molar-refractivity contribution in [3.63, 3.8) is 0 Å². The number of hydrogen-bond acceptors (Lipinski definition) is 3. The molecule has 1 saturated heterocycles. The predicted octanol–water partition coefficient (Wildman–Crippen LogP) is 2.82. The molecule has 1 aliphatic heterocycles. The SMILES string of the molecule is CCC(=O)N1CCC(n2c(=O)oc3ccc(Cl)cc32)CC1. The second kappa shape index (κ2) is 5.56. The number of nitrogens with zero attached hydrogens (tertiary/aromatic N) is 2. The lowest BCUT2D eigenvalue weighted by atomic mass is 10.0. The van der Waals surface area contributed by atoms with E-state index in [9.17, 15) is 9.59 Å². The molecular weight excluding hydrogens is 292 g/mol. The van der Waals surface area contributed by atoms with Crippen LogP contribution in [0.1, 0.15) is 32.2 Å². The van der Waals surface area contributed by atoms with E-state index < -0.39 is 0 Å². The molecule has 0 unspecified atom stereocenters. The molecule has 6 heteroatoms. The number of rotatable bonds is 2. The van der Waals surface area contributed by atoms with Crippen molar-refractivity contribution >= 4 is 28.6 Å². The minimum atomic E-state index is -0.354. The molecule has 0 saturated carbocycles. The predicted molar refractivity (Wildman–Crippen MR) is 80.6 cm³/mol. The van der Waals surface area contributed by atoms with E-state index in [4.69, 9.17) is 16.0 Å². The summed E-state index contributed by atoms with van der Waals surface area (Å²) >= 11 is 6.01. The van der Waals surface area contributed by atoms with E-state index in [0.717, 1.165) is 18.4 Å². The fourth-order valence-corrected chi connectivity index (χ4v) is 3.12. The second-order valence-corrected chi connectivity index (χ2v) is 5.75. The van der Waals surface area contributed by atoms with Crippen LogP contribution in [0.3, 0.4) is 0 Å². The highest BCUT2D eigenvalue weighted by Crippen LogP contribution is 2.27. The molecule has 0 N–H and O–H groups in total. The zero-order chi connectivity index (χ0) is 15.0. The van der Waals surface area contributed by atoms with Gasteiger partial charge >= 0.3 is 5.76 Å². The Bertz CT molecular complexity index is 726. The van der Waals surface area contributed by atoms with Crippen molar-refractivity contribution in [1.29, 1.82) is 0 Å². The Labute approximate surface area is 127 Å². The average molecular weight is 309 g/mol. The van der Waals surface area contributed by atoms with E-state index in [0.29, 0.717) is 30.1 Å². The maximum Gasteiger partial charge on any atom is 0.420 e. The van der Waals surface area contributed by atoms with Crippen LogP contribution in [0.5, 0.6) is 0 Å². The Kier molecular flexibility index (Phi) is 3.76. The Balaban J connectivity index is 1.89. The molecule has 1 aromatic carbocycles. The van der Waals surface area contributed by atoms with Gasteiger partial charge in [0.15, 0.2) is 5.58 Å². The van der Waals surface area contributed by atoms with Crippen molar-refractivity contribution in [1.82, 2.24) is 9.47 Å². The fraction of sp³-hybridized carbons (Fsp3) is 0.467. The van der Waals surface area contributed by atoms with Gasteiger partial charge in [0.2, 0.25) is 5.91 Å². The second-order valence-electron chi connectivity index (χ2n) is 5.32. The van der Waals surface area contributed by atoms with Gasteiger partial charge < -0.3 is 9.32 Å². The maximum absolute atomic E-state index is 12.1. The molecule has 0 spiro atoms. The standard InChI is InChI=1S/C15H17ClN2O3/c1-2-14(19)17-7-5-11(6-8-17)18-12-9-10(16)3-4-13(12)21-15(18)20/h3-4,9,11H,2,5-8H2,1H3. The van der Waals surface area contributed by atoms with Crippen LogP contribution in [-0.4, -0.2) is 28.5 Å². The van der Waals surface area contributed by atoms with E-state index in [1.165, 1.54) is 0 Å². The number of amides is 1. The largest absolute Gasteiger partial charge is 0.420 e. The van der Waals surface area contributed by atoms with Crippen molar-refractivity contribution in [2.24, 2.45) is 0 Å². The zero-order valence-electron chi connectivity index (χ0n) is 11.8. The Hall–Kier alpha value is -1.75. The molecule has 21 heavy (non-hydrogen) atoms. The lowest BCUT2D eigenvalue weighted by Crippen LogP contribution is -2.40. The number of carbonyl (C=O) groups is 1. The van der Waals surface area contributed by atoms with Crippen LogP contribution in [0.2, 0.25) is 5.02 Å². The third-order valence-corrected chi connectivity index (χ3v) is 4.29. The average Bonchev–Trinajstić information content (AvgIpc) is 2.82. The summed E-state index contributed by atoms with van der Waals surface area (Å²) in [5.74, 6) is -0.187. The number of benzene rings is 1. The number of carbonyl (C=O) groups excluding carboxylic acids is 1. The van der Waals surface area contributed by atoms with Crippen LogP contribution in [0.4, 0.5) is 0 Å². The first-order valence-corrected chi connectivity index (χ1v) is 7.56. The lowest BCUT2D eigenvalue weighted by Gasteiger charge is -2.32. The van der Waals surface area contributed by atoms with Crippen LogP contribution in [-0.2, 0) is 4.79 Å². The summed E-state index contributed by atoms with van der Waals surface area (Å²) in [5, 5.41) is 0.579. The first-order valence-electron chi connectivity index (χ1n) is 7.18. The van der Waals surface area contributed by atoms with Crippen LogP contribution < -0.4 is 5.76 Å². The molecule has 1 amide bonds. The highest BCUT2D eigenvalue weighted by Gasteiger charge is 2.26. The van der Waals surface area contributed by atoms with Gasteiger partial charge in [-0.05, 0) is 31.0 Å².